The van der Waals surface area contributed by atoms with Crippen LogP contribution in [0.2, 0.25) is 0 Å². The van der Waals surface area contributed by atoms with E-state index in [4.69, 9.17) is 18.9 Å². The zero-order valence-corrected chi connectivity index (χ0v) is 19.0. The molecule has 3 heterocycles. The van der Waals surface area contributed by atoms with Gasteiger partial charge in [0.25, 0.3) is 0 Å². The summed E-state index contributed by atoms with van der Waals surface area (Å²) in [6.07, 6.45) is 2.16. The van der Waals surface area contributed by atoms with Crippen molar-refractivity contribution in [2.75, 3.05) is 5.75 Å². The van der Waals surface area contributed by atoms with E-state index in [2.05, 4.69) is 9.97 Å². The number of esters is 3. The lowest BCUT2D eigenvalue weighted by atomic mass is 10.1. The van der Waals surface area contributed by atoms with Gasteiger partial charge in [-0.15, -0.1) is 11.8 Å². The highest BCUT2D eigenvalue weighted by atomic mass is 32.2. The molecule has 0 amide bonds. The van der Waals surface area contributed by atoms with Gasteiger partial charge in [0.1, 0.15) is 5.75 Å². The maximum atomic E-state index is 11.8. The van der Waals surface area contributed by atoms with E-state index in [9.17, 15) is 14.4 Å². The van der Waals surface area contributed by atoms with E-state index < -0.39 is 41.7 Å². The molecular weight excluding hydrogens is 436 g/mol. The number of ether oxygens (including phenoxy) is 4. The van der Waals surface area contributed by atoms with Gasteiger partial charge in [-0.05, 0) is 19.1 Å². The van der Waals surface area contributed by atoms with Crippen LogP contribution >= 0.6 is 11.8 Å². The molecule has 0 N–H and O–H groups in total. The Morgan fingerprint density at radius 2 is 1.69 bits per heavy atom. The number of thioether (sulfide) groups is 1. The third-order valence-corrected chi connectivity index (χ3v) is 5.80. The van der Waals surface area contributed by atoms with E-state index in [1.165, 1.54) is 32.5 Å². The molecule has 10 heteroatoms. The molecule has 4 atom stereocenters. The van der Waals surface area contributed by atoms with Gasteiger partial charge in [0.2, 0.25) is 0 Å². The summed E-state index contributed by atoms with van der Waals surface area (Å²) in [4.78, 5) is 43.6. The Kier molecular flexibility index (Phi) is 7.68. The van der Waals surface area contributed by atoms with E-state index >= 15 is 0 Å². The highest BCUT2D eigenvalue weighted by Crippen LogP contribution is 2.35. The summed E-state index contributed by atoms with van der Waals surface area (Å²) in [7, 11) is 0. The summed E-state index contributed by atoms with van der Waals surface area (Å²) in [5.74, 6) is -0.979. The highest BCUT2D eigenvalue weighted by molar-refractivity contribution is 7.99. The fourth-order valence-electron chi connectivity index (χ4n) is 3.36. The Morgan fingerprint density at radius 3 is 2.34 bits per heavy atom. The van der Waals surface area contributed by atoms with Gasteiger partial charge >= 0.3 is 17.9 Å². The highest BCUT2D eigenvalue weighted by Gasteiger charge is 2.47. The van der Waals surface area contributed by atoms with Crippen LogP contribution in [-0.2, 0) is 28.6 Å². The number of pyridine rings is 2. The largest absolute Gasteiger partial charge is 0.474 e. The van der Waals surface area contributed by atoms with Crippen molar-refractivity contribution in [2.45, 2.75) is 51.4 Å². The fourth-order valence-corrected chi connectivity index (χ4v) is 4.58. The van der Waals surface area contributed by atoms with Crippen molar-refractivity contribution in [3.05, 3.63) is 42.5 Å². The maximum absolute atomic E-state index is 11.8. The number of hydrogen-bond acceptors (Lipinski definition) is 10. The van der Waals surface area contributed by atoms with E-state index in [1.807, 2.05) is 19.1 Å². The fraction of sp³-hybridized carbons (Fsp3) is 0.409. The van der Waals surface area contributed by atoms with Crippen LogP contribution in [0.15, 0.2) is 36.8 Å². The molecule has 1 saturated heterocycles. The molecule has 1 aliphatic rings. The van der Waals surface area contributed by atoms with Gasteiger partial charge in [-0.2, -0.15) is 0 Å². The minimum Gasteiger partial charge on any atom is -0.474 e. The number of hydrogen-bond donors (Lipinski definition) is 0. The Balaban J connectivity index is 1.88. The van der Waals surface area contributed by atoms with Crippen LogP contribution in [0, 0.1) is 6.92 Å². The smallest absolute Gasteiger partial charge is 0.303 e. The number of carbonyl (C=O) groups is 3. The molecule has 0 aromatic carbocycles. The molecule has 1 fully saturated rings. The second-order valence-corrected chi connectivity index (χ2v) is 8.29. The lowest BCUT2D eigenvalue weighted by Crippen LogP contribution is -2.55. The number of carbonyl (C=O) groups excluding carboxylic acids is 3. The first-order valence-corrected chi connectivity index (χ1v) is 11.0. The first-order valence-electron chi connectivity index (χ1n) is 9.91. The molecule has 9 nitrogen and oxygen atoms in total. The molecule has 1 aliphatic heterocycles. The van der Waals surface area contributed by atoms with Crippen molar-refractivity contribution in [1.82, 2.24) is 9.97 Å². The van der Waals surface area contributed by atoms with Crippen LogP contribution in [-0.4, -0.2) is 57.4 Å². The maximum Gasteiger partial charge on any atom is 0.303 e. The van der Waals surface area contributed by atoms with Crippen LogP contribution in [0.25, 0.3) is 11.1 Å². The Labute approximate surface area is 189 Å². The average molecular weight is 461 g/mol. The zero-order valence-electron chi connectivity index (χ0n) is 18.1. The lowest BCUT2D eigenvalue weighted by molar-refractivity contribution is -0.186. The second-order valence-electron chi connectivity index (χ2n) is 7.16. The second kappa shape index (κ2) is 10.4. The first kappa shape index (κ1) is 23.5. The lowest BCUT2D eigenvalue weighted by Gasteiger charge is -2.39. The summed E-state index contributed by atoms with van der Waals surface area (Å²) < 4.78 is 22.2. The molecule has 32 heavy (non-hydrogen) atoms. The van der Waals surface area contributed by atoms with E-state index in [0.717, 1.165) is 16.8 Å². The van der Waals surface area contributed by atoms with Gasteiger partial charge in [0, 0.05) is 55.7 Å². The predicted molar refractivity (Wildman–Crippen MR) is 116 cm³/mol. The number of nitrogens with zero attached hydrogens (tertiary/aromatic N) is 2. The van der Waals surface area contributed by atoms with Gasteiger partial charge in [0.15, 0.2) is 23.7 Å². The third-order valence-electron chi connectivity index (χ3n) is 4.59. The van der Waals surface area contributed by atoms with E-state index in [1.54, 1.807) is 24.7 Å². The number of rotatable bonds is 6. The van der Waals surface area contributed by atoms with Crippen molar-refractivity contribution >= 4 is 29.7 Å². The normalized spacial score (nSPS) is 22.5. The molecule has 0 bridgehead atoms. The molecule has 3 rings (SSSR count). The number of aromatic nitrogens is 2. The van der Waals surface area contributed by atoms with Gasteiger partial charge in [-0.1, -0.05) is 6.07 Å². The Morgan fingerprint density at radius 1 is 1.00 bits per heavy atom. The minimum absolute atomic E-state index is 0.286. The summed E-state index contributed by atoms with van der Waals surface area (Å²) in [6.45, 7) is 5.64. The van der Waals surface area contributed by atoms with Crippen LogP contribution in [0.1, 0.15) is 26.5 Å². The van der Waals surface area contributed by atoms with Crippen molar-refractivity contribution in [3.63, 3.8) is 0 Å². The molecule has 0 radical (unpaired) electrons. The number of aryl methyl sites for hydroxylation is 1. The molecule has 170 valence electrons. The summed E-state index contributed by atoms with van der Waals surface area (Å²) in [6, 6.07) is 5.57. The first-order chi connectivity index (χ1) is 15.2. The van der Waals surface area contributed by atoms with Crippen molar-refractivity contribution in [3.8, 4) is 16.9 Å². The van der Waals surface area contributed by atoms with Crippen LogP contribution in [0.3, 0.4) is 0 Å². The van der Waals surface area contributed by atoms with Crippen LogP contribution in [0.4, 0.5) is 0 Å². The Hall–Kier alpha value is -3.14. The predicted octanol–water partition coefficient (Wildman–Crippen LogP) is 2.70. The van der Waals surface area contributed by atoms with E-state index in [-0.39, 0.29) is 5.75 Å². The minimum atomic E-state index is -1.01. The van der Waals surface area contributed by atoms with Gasteiger partial charge in [-0.3, -0.25) is 24.4 Å². The molecule has 0 spiro atoms. The van der Waals surface area contributed by atoms with Crippen molar-refractivity contribution in [1.29, 1.82) is 0 Å². The summed E-state index contributed by atoms with van der Waals surface area (Å²) >= 11 is 1.29. The van der Waals surface area contributed by atoms with Crippen LogP contribution < -0.4 is 4.74 Å². The molecule has 0 aliphatic carbocycles. The molecule has 2 aromatic rings. The molecule has 0 unspecified atom stereocenters. The Bertz CT molecular complexity index is 1000. The third kappa shape index (κ3) is 5.97. The molecular formula is C22H24N2O7S. The standard InChI is InChI=1S/C22H24N2O7S/c1-12-18(6-5-7-24-12)16-8-17(10-23-9-16)31-22-21(30-15(4)27)20(29-14(3)26)19(11-32-22)28-13(2)25/h5-10,19-22H,11H2,1-4H3/t19-,20+,21-,22+/m1/s1. The SMILES string of the molecule is CC(=O)O[C@@H]1[C@@H](OC(C)=O)[C@@H](Oc2cncc(-c3cccnc3C)c2)SC[C@H]1OC(C)=O. The zero-order chi connectivity index (χ0) is 23.3. The van der Waals surface area contributed by atoms with Gasteiger partial charge in [-0.25, -0.2) is 0 Å². The topological polar surface area (TPSA) is 114 Å². The summed E-state index contributed by atoms with van der Waals surface area (Å²) in [5, 5.41) is 0. The van der Waals surface area contributed by atoms with E-state index in [0.29, 0.717) is 5.75 Å². The molecule has 0 saturated carbocycles. The summed E-state index contributed by atoms with van der Waals surface area (Å²) in [5.41, 5.74) is 1.84. The monoisotopic (exact) mass is 460 g/mol. The van der Waals surface area contributed by atoms with Gasteiger partial charge in [0.05, 0.1) is 6.20 Å². The average Bonchev–Trinajstić information content (AvgIpc) is 2.72. The van der Waals surface area contributed by atoms with Crippen LogP contribution in [0.5, 0.6) is 5.75 Å². The van der Waals surface area contributed by atoms with Gasteiger partial charge < -0.3 is 18.9 Å². The quantitative estimate of drug-likeness (QED) is 0.471. The van der Waals surface area contributed by atoms with Crippen molar-refractivity contribution < 1.29 is 33.3 Å². The molecule has 2 aromatic heterocycles. The van der Waals surface area contributed by atoms with Crippen molar-refractivity contribution in [2.24, 2.45) is 0 Å².